The molecule has 3 nitrogen and oxygen atoms in total. The smallest absolute Gasteiger partial charge is 0.254 e. The average molecular weight is 294 g/mol. The van der Waals surface area contributed by atoms with Gasteiger partial charge in [-0.15, -0.1) is 0 Å². The molecule has 1 aromatic rings. The van der Waals surface area contributed by atoms with Crippen molar-refractivity contribution in [1.82, 2.24) is 10.6 Å². The second-order valence-corrected chi connectivity index (χ2v) is 5.07. The van der Waals surface area contributed by atoms with Crippen LogP contribution in [0.1, 0.15) is 16.8 Å². The van der Waals surface area contributed by atoms with Gasteiger partial charge in [-0.25, -0.2) is 0 Å². The van der Waals surface area contributed by atoms with Gasteiger partial charge in [0.1, 0.15) is 0 Å². The number of rotatable bonds is 2. The molecule has 0 bridgehead atoms. The quantitative estimate of drug-likeness (QED) is 0.823. The molecule has 92 valence electrons. The highest BCUT2D eigenvalue weighted by molar-refractivity contribution is 6.46. The molecule has 1 fully saturated rings. The lowest BCUT2D eigenvalue weighted by Crippen LogP contribution is -2.36. The third-order valence-electron chi connectivity index (χ3n) is 2.67. The summed E-state index contributed by atoms with van der Waals surface area (Å²) < 4.78 is 0. The Morgan fingerprint density at radius 1 is 1.29 bits per heavy atom. The number of amides is 1. The summed E-state index contributed by atoms with van der Waals surface area (Å²) in [6.07, 6.45) is 0.904. The summed E-state index contributed by atoms with van der Waals surface area (Å²) in [4.78, 5) is 12.0. The molecule has 6 heteroatoms. The molecule has 0 saturated carbocycles. The van der Waals surface area contributed by atoms with E-state index in [1.807, 2.05) is 0 Å². The number of benzene rings is 1. The maximum absolute atomic E-state index is 12.0. The van der Waals surface area contributed by atoms with E-state index in [4.69, 9.17) is 34.8 Å². The standard InChI is InChI=1S/C11H11Cl3N2O/c12-7-1-2-8(13)10(14)9(7)11(17)16-6-3-4-15-5-6/h1-2,6,15H,3-5H2,(H,16,17). The van der Waals surface area contributed by atoms with Crippen molar-refractivity contribution in [2.24, 2.45) is 0 Å². The lowest BCUT2D eigenvalue weighted by molar-refractivity contribution is 0.0940. The van der Waals surface area contributed by atoms with Crippen molar-refractivity contribution < 1.29 is 4.79 Å². The molecule has 1 saturated heterocycles. The first kappa shape index (κ1) is 13.0. The van der Waals surface area contributed by atoms with E-state index in [9.17, 15) is 4.79 Å². The minimum Gasteiger partial charge on any atom is -0.348 e. The number of carbonyl (C=O) groups is 1. The van der Waals surface area contributed by atoms with Crippen LogP contribution in [0.2, 0.25) is 15.1 Å². The van der Waals surface area contributed by atoms with Crippen molar-refractivity contribution in [1.29, 1.82) is 0 Å². The highest BCUT2D eigenvalue weighted by atomic mass is 35.5. The van der Waals surface area contributed by atoms with Gasteiger partial charge in [-0.3, -0.25) is 4.79 Å². The summed E-state index contributed by atoms with van der Waals surface area (Å²) in [5.74, 6) is -0.281. The molecule has 0 spiro atoms. The number of halogens is 3. The minimum atomic E-state index is -0.281. The van der Waals surface area contributed by atoms with Crippen LogP contribution < -0.4 is 10.6 Å². The van der Waals surface area contributed by atoms with Gasteiger partial charge in [-0.2, -0.15) is 0 Å². The van der Waals surface area contributed by atoms with Crippen LogP contribution in [0.3, 0.4) is 0 Å². The Hall–Kier alpha value is -0.480. The van der Waals surface area contributed by atoms with Gasteiger partial charge in [0.2, 0.25) is 0 Å². The van der Waals surface area contributed by atoms with Crippen molar-refractivity contribution in [2.75, 3.05) is 13.1 Å². The lowest BCUT2D eigenvalue weighted by atomic mass is 10.2. The van der Waals surface area contributed by atoms with Crippen LogP contribution in [-0.2, 0) is 0 Å². The normalized spacial score (nSPS) is 19.4. The third kappa shape index (κ3) is 2.86. The van der Waals surface area contributed by atoms with E-state index in [0.29, 0.717) is 10.0 Å². The summed E-state index contributed by atoms with van der Waals surface area (Å²) in [5, 5.41) is 6.87. The van der Waals surface area contributed by atoms with Crippen molar-refractivity contribution in [3.05, 3.63) is 32.8 Å². The zero-order valence-electron chi connectivity index (χ0n) is 8.90. The van der Waals surface area contributed by atoms with Crippen LogP contribution in [0.25, 0.3) is 0 Å². The second-order valence-electron chi connectivity index (χ2n) is 3.88. The molecule has 0 aliphatic carbocycles. The average Bonchev–Trinajstić information content (AvgIpc) is 2.77. The van der Waals surface area contributed by atoms with E-state index in [1.165, 1.54) is 0 Å². The molecule has 1 amide bonds. The van der Waals surface area contributed by atoms with Crippen molar-refractivity contribution in [3.8, 4) is 0 Å². The fourth-order valence-electron chi connectivity index (χ4n) is 1.77. The Bertz CT molecular complexity index is 445. The van der Waals surface area contributed by atoms with Gasteiger partial charge in [0.05, 0.1) is 20.6 Å². The molecule has 1 unspecified atom stereocenters. The van der Waals surface area contributed by atoms with Gasteiger partial charge in [0, 0.05) is 12.6 Å². The predicted octanol–water partition coefficient (Wildman–Crippen LogP) is 2.74. The summed E-state index contributed by atoms with van der Waals surface area (Å²) in [6.45, 7) is 1.67. The Morgan fingerprint density at radius 3 is 2.65 bits per heavy atom. The number of nitrogens with one attached hydrogen (secondary N) is 2. The van der Waals surface area contributed by atoms with Crippen LogP contribution in [0, 0.1) is 0 Å². The van der Waals surface area contributed by atoms with Gasteiger partial charge in [0.25, 0.3) is 5.91 Å². The van der Waals surface area contributed by atoms with Crippen LogP contribution in [0.5, 0.6) is 0 Å². The second kappa shape index (κ2) is 5.44. The largest absolute Gasteiger partial charge is 0.348 e. The number of hydrogen-bond acceptors (Lipinski definition) is 2. The maximum Gasteiger partial charge on any atom is 0.254 e. The van der Waals surface area contributed by atoms with Crippen molar-refractivity contribution in [2.45, 2.75) is 12.5 Å². The van der Waals surface area contributed by atoms with E-state index in [0.717, 1.165) is 19.5 Å². The monoisotopic (exact) mass is 292 g/mol. The van der Waals surface area contributed by atoms with E-state index < -0.39 is 0 Å². The Balaban J connectivity index is 2.21. The first-order chi connectivity index (χ1) is 8.09. The molecule has 17 heavy (non-hydrogen) atoms. The molecular weight excluding hydrogens is 282 g/mol. The highest BCUT2D eigenvalue weighted by Crippen LogP contribution is 2.31. The third-order valence-corrected chi connectivity index (χ3v) is 3.79. The van der Waals surface area contributed by atoms with Crippen LogP contribution in [0.15, 0.2) is 12.1 Å². The molecular formula is C11H11Cl3N2O. The molecule has 1 aliphatic heterocycles. The Labute approximate surface area is 114 Å². The van der Waals surface area contributed by atoms with E-state index in [1.54, 1.807) is 12.1 Å². The molecule has 1 aliphatic rings. The van der Waals surface area contributed by atoms with E-state index >= 15 is 0 Å². The number of hydrogen-bond donors (Lipinski definition) is 2. The molecule has 1 atom stereocenters. The van der Waals surface area contributed by atoms with Crippen LogP contribution in [0.4, 0.5) is 0 Å². The minimum absolute atomic E-state index is 0.119. The van der Waals surface area contributed by atoms with Gasteiger partial charge >= 0.3 is 0 Å². The zero-order chi connectivity index (χ0) is 12.4. The molecule has 2 rings (SSSR count). The first-order valence-corrected chi connectivity index (χ1v) is 6.38. The molecule has 0 aromatic heterocycles. The highest BCUT2D eigenvalue weighted by Gasteiger charge is 2.22. The van der Waals surface area contributed by atoms with Gasteiger partial charge in [-0.05, 0) is 25.1 Å². The summed E-state index contributed by atoms with van der Waals surface area (Å²) >= 11 is 17.8. The van der Waals surface area contributed by atoms with Crippen molar-refractivity contribution in [3.63, 3.8) is 0 Å². The van der Waals surface area contributed by atoms with Gasteiger partial charge < -0.3 is 10.6 Å². The molecule has 1 aromatic carbocycles. The number of carbonyl (C=O) groups excluding carboxylic acids is 1. The molecule has 1 heterocycles. The van der Waals surface area contributed by atoms with Gasteiger partial charge in [0.15, 0.2) is 0 Å². The first-order valence-electron chi connectivity index (χ1n) is 5.24. The summed E-state index contributed by atoms with van der Waals surface area (Å²) in [6, 6.07) is 3.26. The topological polar surface area (TPSA) is 41.1 Å². The predicted molar refractivity (Wildman–Crippen MR) is 70.2 cm³/mol. The van der Waals surface area contributed by atoms with E-state index in [2.05, 4.69) is 10.6 Å². The fourth-order valence-corrected chi connectivity index (χ4v) is 2.47. The van der Waals surface area contributed by atoms with Crippen molar-refractivity contribution >= 4 is 40.7 Å². The Morgan fingerprint density at radius 2 is 2.00 bits per heavy atom. The Kier molecular flexibility index (Phi) is 4.15. The molecule has 2 N–H and O–H groups in total. The van der Waals surface area contributed by atoms with Crippen LogP contribution in [-0.4, -0.2) is 25.0 Å². The molecule has 0 radical (unpaired) electrons. The van der Waals surface area contributed by atoms with E-state index in [-0.39, 0.29) is 22.5 Å². The summed E-state index contributed by atoms with van der Waals surface area (Å²) in [7, 11) is 0. The zero-order valence-corrected chi connectivity index (χ0v) is 11.2. The van der Waals surface area contributed by atoms with Crippen LogP contribution >= 0.6 is 34.8 Å². The SMILES string of the molecule is O=C(NC1CCNC1)c1c(Cl)ccc(Cl)c1Cl. The lowest BCUT2D eigenvalue weighted by Gasteiger charge is -2.13. The summed E-state index contributed by atoms with van der Waals surface area (Å²) in [5.41, 5.74) is 0.243. The maximum atomic E-state index is 12.0. The fraction of sp³-hybridized carbons (Fsp3) is 0.364. The van der Waals surface area contributed by atoms with Gasteiger partial charge in [-0.1, -0.05) is 34.8 Å².